The van der Waals surface area contributed by atoms with Crippen LogP contribution in [0.15, 0.2) is 18.3 Å². The Morgan fingerprint density at radius 2 is 2.22 bits per heavy atom. The molecule has 1 saturated carbocycles. The summed E-state index contributed by atoms with van der Waals surface area (Å²) in [6.45, 7) is 2.75. The standard InChI is InChI=1S/C13H16N2O3/c1-2-13(4-5-13)8-15-11(16)10-7-9(12(17)18)3-6-14-10/h3,6-7H,2,4-5,8H2,1H3,(H,15,16)(H,17,18). The number of carboxylic acids is 1. The highest BCUT2D eigenvalue weighted by molar-refractivity contribution is 5.95. The van der Waals surface area contributed by atoms with Gasteiger partial charge in [0.2, 0.25) is 0 Å². The Labute approximate surface area is 105 Å². The predicted molar refractivity (Wildman–Crippen MR) is 65.5 cm³/mol. The molecule has 5 heteroatoms. The molecule has 0 atom stereocenters. The lowest BCUT2D eigenvalue weighted by molar-refractivity contribution is 0.0696. The van der Waals surface area contributed by atoms with Gasteiger partial charge in [-0.3, -0.25) is 9.78 Å². The van der Waals surface area contributed by atoms with Crippen molar-refractivity contribution in [1.82, 2.24) is 10.3 Å². The first-order valence-corrected chi connectivity index (χ1v) is 6.04. The lowest BCUT2D eigenvalue weighted by Gasteiger charge is -2.13. The van der Waals surface area contributed by atoms with Gasteiger partial charge in [0.15, 0.2) is 0 Å². The van der Waals surface area contributed by atoms with Crippen LogP contribution in [-0.2, 0) is 0 Å². The van der Waals surface area contributed by atoms with Gasteiger partial charge >= 0.3 is 5.97 Å². The number of amides is 1. The van der Waals surface area contributed by atoms with Gasteiger partial charge in [-0.25, -0.2) is 4.79 Å². The second kappa shape index (κ2) is 4.76. The Morgan fingerprint density at radius 3 is 2.78 bits per heavy atom. The first-order valence-electron chi connectivity index (χ1n) is 6.04. The molecular formula is C13H16N2O3. The average molecular weight is 248 g/mol. The van der Waals surface area contributed by atoms with Gasteiger partial charge in [-0.05, 0) is 36.8 Å². The van der Waals surface area contributed by atoms with E-state index in [0.29, 0.717) is 6.54 Å². The number of carboxylic acid groups (broad SMARTS) is 1. The van der Waals surface area contributed by atoms with Crippen LogP contribution in [0.25, 0.3) is 0 Å². The molecule has 0 bridgehead atoms. The van der Waals surface area contributed by atoms with E-state index in [1.807, 2.05) is 0 Å². The summed E-state index contributed by atoms with van der Waals surface area (Å²) in [7, 11) is 0. The van der Waals surface area contributed by atoms with Crippen LogP contribution in [0, 0.1) is 5.41 Å². The maximum absolute atomic E-state index is 11.8. The molecule has 2 N–H and O–H groups in total. The van der Waals surface area contributed by atoms with Crippen molar-refractivity contribution in [3.8, 4) is 0 Å². The Hall–Kier alpha value is -1.91. The third-order valence-corrected chi connectivity index (χ3v) is 3.57. The van der Waals surface area contributed by atoms with E-state index in [0.717, 1.165) is 19.3 Å². The van der Waals surface area contributed by atoms with Gasteiger partial charge in [0, 0.05) is 12.7 Å². The third kappa shape index (κ3) is 2.67. The largest absolute Gasteiger partial charge is 0.478 e. The minimum atomic E-state index is -1.06. The van der Waals surface area contributed by atoms with Gasteiger partial charge in [0.25, 0.3) is 5.91 Å². The van der Waals surface area contributed by atoms with Crippen molar-refractivity contribution in [2.24, 2.45) is 5.41 Å². The molecule has 1 fully saturated rings. The molecular weight excluding hydrogens is 232 g/mol. The van der Waals surface area contributed by atoms with E-state index < -0.39 is 5.97 Å². The Morgan fingerprint density at radius 1 is 1.50 bits per heavy atom. The number of hydrogen-bond donors (Lipinski definition) is 2. The van der Waals surface area contributed by atoms with Gasteiger partial charge in [-0.2, -0.15) is 0 Å². The highest BCUT2D eigenvalue weighted by Crippen LogP contribution is 2.47. The smallest absolute Gasteiger partial charge is 0.335 e. The Kier molecular flexibility index (Phi) is 3.32. The zero-order valence-corrected chi connectivity index (χ0v) is 10.3. The molecule has 0 radical (unpaired) electrons. The first-order chi connectivity index (χ1) is 8.56. The number of carbonyl (C=O) groups excluding carboxylic acids is 1. The predicted octanol–water partition coefficient (Wildman–Crippen LogP) is 1.70. The van der Waals surface area contributed by atoms with Gasteiger partial charge < -0.3 is 10.4 Å². The number of pyridine rings is 1. The summed E-state index contributed by atoms with van der Waals surface area (Å²) in [6.07, 6.45) is 4.68. The van der Waals surface area contributed by atoms with Crippen molar-refractivity contribution < 1.29 is 14.7 Å². The number of nitrogens with one attached hydrogen (secondary N) is 1. The molecule has 18 heavy (non-hydrogen) atoms. The molecule has 0 spiro atoms. The average Bonchev–Trinajstić information content (AvgIpc) is 3.17. The molecule has 2 rings (SSSR count). The maximum atomic E-state index is 11.8. The van der Waals surface area contributed by atoms with Crippen LogP contribution in [-0.4, -0.2) is 28.5 Å². The topological polar surface area (TPSA) is 79.3 Å². The molecule has 0 unspecified atom stereocenters. The summed E-state index contributed by atoms with van der Waals surface area (Å²) in [5.41, 5.74) is 0.494. The number of hydrogen-bond acceptors (Lipinski definition) is 3. The maximum Gasteiger partial charge on any atom is 0.335 e. The lowest BCUT2D eigenvalue weighted by Crippen LogP contribution is -2.30. The zero-order valence-electron chi connectivity index (χ0n) is 10.3. The number of nitrogens with zero attached hydrogens (tertiary/aromatic N) is 1. The van der Waals surface area contributed by atoms with Crippen molar-refractivity contribution in [1.29, 1.82) is 0 Å². The van der Waals surface area contributed by atoms with E-state index >= 15 is 0 Å². The summed E-state index contributed by atoms with van der Waals surface area (Å²) in [5.74, 6) is -1.36. The molecule has 1 aliphatic rings. The number of aromatic nitrogens is 1. The van der Waals surface area contributed by atoms with Gasteiger partial charge in [-0.15, -0.1) is 0 Å². The van der Waals surface area contributed by atoms with Crippen molar-refractivity contribution in [3.05, 3.63) is 29.6 Å². The summed E-state index contributed by atoms with van der Waals surface area (Å²) >= 11 is 0. The zero-order chi connectivity index (χ0) is 13.2. The fraction of sp³-hybridized carbons (Fsp3) is 0.462. The van der Waals surface area contributed by atoms with Crippen LogP contribution in [0.4, 0.5) is 0 Å². The summed E-state index contributed by atoms with van der Waals surface area (Å²) in [6, 6.07) is 2.66. The van der Waals surface area contributed by atoms with Crippen molar-refractivity contribution in [2.45, 2.75) is 26.2 Å². The third-order valence-electron chi connectivity index (χ3n) is 3.57. The van der Waals surface area contributed by atoms with Crippen LogP contribution in [0.2, 0.25) is 0 Å². The van der Waals surface area contributed by atoms with Gasteiger partial charge in [0.1, 0.15) is 5.69 Å². The van der Waals surface area contributed by atoms with E-state index in [1.165, 1.54) is 18.3 Å². The fourth-order valence-corrected chi connectivity index (χ4v) is 1.88. The molecule has 1 heterocycles. The summed E-state index contributed by atoms with van der Waals surface area (Å²) < 4.78 is 0. The quantitative estimate of drug-likeness (QED) is 0.831. The molecule has 1 aliphatic carbocycles. The minimum Gasteiger partial charge on any atom is -0.478 e. The molecule has 0 saturated heterocycles. The Balaban J connectivity index is 2.00. The Bertz CT molecular complexity index is 481. The van der Waals surface area contributed by atoms with E-state index in [9.17, 15) is 9.59 Å². The second-order valence-corrected chi connectivity index (χ2v) is 4.77. The van der Waals surface area contributed by atoms with Crippen LogP contribution in [0.5, 0.6) is 0 Å². The normalized spacial score (nSPS) is 16.1. The van der Waals surface area contributed by atoms with Crippen molar-refractivity contribution in [2.75, 3.05) is 6.54 Å². The van der Waals surface area contributed by atoms with Gasteiger partial charge in [-0.1, -0.05) is 6.92 Å². The highest BCUT2D eigenvalue weighted by atomic mass is 16.4. The van der Waals surface area contributed by atoms with Gasteiger partial charge in [0.05, 0.1) is 5.56 Å². The molecule has 0 aliphatic heterocycles. The summed E-state index contributed by atoms with van der Waals surface area (Å²) in [5, 5.41) is 11.7. The van der Waals surface area contributed by atoms with E-state index in [1.54, 1.807) is 0 Å². The summed E-state index contributed by atoms with van der Waals surface area (Å²) in [4.78, 5) is 26.5. The number of aromatic carboxylic acids is 1. The minimum absolute atomic E-state index is 0.0757. The molecule has 1 aromatic heterocycles. The fourth-order valence-electron chi connectivity index (χ4n) is 1.88. The van der Waals surface area contributed by atoms with E-state index in [4.69, 9.17) is 5.11 Å². The monoisotopic (exact) mass is 248 g/mol. The first kappa shape index (κ1) is 12.5. The molecule has 1 aromatic rings. The highest BCUT2D eigenvalue weighted by Gasteiger charge is 2.40. The molecule has 96 valence electrons. The number of rotatable bonds is 5. The number of carbonyl (C=O) groups is 2. The SMILES string of the molecule is CCC1(CNC(=O)c2cc(C(=O)O)ccn2)CC1. The van der Waals surface area contributed by atoms with Crippen molar-refractivity contribution >= 4 is 11.9 Å². The van der Waals surface area contributed by atoms with Crippen molar-refractivity contribution in [3.63, 3.8) is 0 Å². The second-order valence-electron chi connectivity index (χ2n) is 4.77. The van der Waals surface area contributed by atoms with E-state index in [2.05, 4.69) is 17.2 Å². The van der Waals surface area contributed by atoms with Crippen LogP contribution in [0.1, 0.15) is 47.0 Å². The lowest BCUT2D eigenvalue weighted by atomic mass is 10.0. The molecule has 5 nitrogen and oxygen atoms in total. The van der Waals surface area contributed by atoms with E-state index in [-0.39, 0.29) is 22.6 Å². The van der Waals surface area contributed by atoms with Crippen LogP contribution in [0.3, 0.4) is 0 Å². The van der Waals surface area contributed by atoms with Crippen LogP contribution < -0.4 is 5.32 Å². The van der Waals surface area contributed by atoms with Crippen LogP contribution >= 0.6 is 0 Å². The molecule has 1 amide bonds. The molecule has 0 aromatic carbocycles.